The molecule has 2 rings (SSSR count). The number of hydrogen-bond donors (Lipinski definition) is 2. The summed E-state index contributed by atoms with van der Waals surface area (Å²) in [7, 11) is 0. The third kappa shape index (κ3) is 4.35. The van der Waals surface area contributed by atoms with Crippen LogP contribution in [-0.4, -0.2) is 5.11 Å². The SMILES string of the molecule is S=C(Nc1cccc(Br)c1)Nc1ccc(Cl)cc1Cl. The van der Waals surface area contributed by atoms with Crippen molar-refractivity contribution in [1.82, 2.24) is 0 Å². The Kier molecular flexibility index (Phi) is 5.05. The summed E-state index contributed by atoms with van der Waals surface area (Å²) in [6, 6.07) is 12.9. The second-order valence-electron chi connectivity index (χ2n) is 3.71. The van der Waals surface area contributed by atoms with Gasteiger partial charge in [-0.05, 0) is 48.6 Å². The average molecular weight is 376 g/mol. The third-order valence-electron chi connectivity index (χ3n) is 2.26. The van der Waals surface area contributed by atoms with Gasteiger partial charge >= 0.3 is 0 Å². The van der Waals surface area contributed by atoms with Crippen LogP contribution in [-0.2, 0) is 0 Å². The molecular formula is C13H9BrCl2N2S. The van der Waals surface area contributed by atoms with E-state index in [1.54, 1.807) is 18.2 Å². The number of rotatable bonds is 2. The lowest BCUT2D eigenvalue weighted by atomic mass is 10.3. The van der Waals surface area contributed by atoms with E-state index in [2.05, 4.69) is 26.6 Å². The van der Waals surface area contributed by atoms with Gasteiger partial charge in [-0.3, -0.25) is 0 Å². The quantitative estimate of drug-likeness (QED) is 0.671. The van der Waals surface area contributed by atoms with E-state index in [1.807, 2.05) is 24.3 Å². The lowest BCUT2D eigenvalue weighted by Gasteiger charge is -2.12. The largest absolute Gasteiger partial charge is 0.332 e. The fourth-order valence-electron chi connectivity index (χ4n) is 1.44. The molecule has 0 radical (unpaired) electrons. The Hall–Kier alpha value is -0.810. The maximum Gasteiger partial charge on any atom is 0.175 e. The smallest absolute Gasteiger partial charge is 0.175 e. The molecule has 0 aliphatic heterocycles. The van der Waals surface area contributed by atoms with Gasteiger partial charge in [0, 0.05) is 15.2 Å². The van der Waals surface area contributed by atoms with Gasteiger partial charge in [0.25, 0.3) is 0 Å². The van der Waals surface area contributed by atoms with Crippen LogP contribution in [0.2, 0.25) is 10.0 Å². The molecule has 2 nitrogen and oxygen atoms in total. The zero-order valence-electron chi connectivity index (χ0n) is 9.58. The van der Waals surface area contributed by atoms with Gasteiger partial charge in [-0.2, -0.15) is 0 Å². The zero-order valence-corrected chi connectivity index (χ0v) is 13.5. The molecule has 0 unspecified atom stereocenters. The van der Waals surface area contributed by atoms with Gasteiger partial charge in [0.2, 0.25) is 0 Å². The van der Waals surface area contributed by atoms with Crippen molar-refractivity contribution >= 4 is 67.8 Å². The Morgan fingerprint density at radius 1 is 1.05 bits per heavy atom. The van der Waals surface area contributed by atoms with E-state index in [1.165, 1.54) is 0 Å². The molecule has 6 heteroatoms. The number of halogens is 3. The average Bonchev–Trinajstić information content (AvgIpc) is 2.33. The molecule has 19 heavy (non-hydrogen) atoms. The minimum Gasteiger partial charge on any atom is -0.332 e. The molecule has 0 atom stereocenters. The summed E-state index contributed by atoms with van der Waals surface area (Å²) in [6.07, 6.45) is 0. The maximum absolute atomic E-state index is 6.06. The van der Waals surface area contributed by atoms with E-state index in [-0.39, 0.29) is 0 Å². The molecule has 0 amide bonds. The Labute approximate surface area is 135 Å². The molecule has 0 spiro atoms. The topological polar surface area (TPSA) is 24.1 Å². The van der Waals surface area contributed by atoms with Crippen molar-refractivity contribution in [2.24, 2.45) is 0 Å². The van der Waals surface area contributed by atoms with Gasteiger partial charge in [0.1, 0.15) is 0 Å². The molecule has 2 N–H and O–H groups in total. The van der Waals surface area contributed by atoms with Crippen LogP contribution < -0.4 is 10.6 Å². The van der Waals surface area contributed by atoms with Crippen molar-refractivity contribution in [2.75, 3.05) is 10.6 Å². The van der Waals surface area contributed by atoms with Crippen LogP contribution in [0.25, 0.3) is 0 Å². The number of anilines is 2. The number of nitrogens with one attached hydrogen (secondary N) is 2. The number of benzene rings is 2. The second kappa shape index (κ2) is 6.57. The van der Waals surface area contributed by atoms with Crippen LogP contribution in [0.1, 0.15) is 0 Å². The standard InChI is InChI=1S/C13H9BrCl2N2S/c14-8-2-1-3-10(6-8)17-13(19)18-12-5-4-9(15)7-11(12)16/h1-7H,(H2,17,18,19). The van der Waals surface area contributed by atoms with Crippen LogP contribution in [0.5, 0.6) is 0 Å². The first kappa shape index (κ1) is 14.6. The van der Waals surface area contributed by atoms with Crippen molar-refractivity contribution in [2.45, 2.75) is 0 Å². The van der Waals surface area contributed by atoms with E-state index in [9.17, 15) is 0 Å². The number of hydrogen-bond acceptors (Lipinski definition) is 1. The highest BCUT2D eigenvalue weighted by Gasteiger charge is 2.04. The van der Waals surface area contributed by atoms with Crippen LogP contribution in [0.4, 0.5) is 11.4 Å². The Morgan fingerprint density at radius 3 is 2.53 bits per heavy atom. The number of thiocarbonyl (C=S) groups is 1. The first-order valence-electron chi connectivity index (χ1n) is 5.33. The summed E-state index contributed by atoms with van der Waals surface area (Å²) in [6.45, 7) is 0. The van der Waals surface area contributed by atoms with Crippen molar-refractivity contribution in [1.29, 1.82) is 0 Å². The van der Waals surface area contributed by atoms with Gasteiger partial charge < -0.3 is 10.6 Å². The molecule has 0 aromatic heterocycles. The minimum absolute atomic E-state index is 0.460. The first-order valence-corrected chi connectivity index (χ1v) is 7.29. The van der Waals surface area contributed by atoms with Crippen molar-refractivity contribution in [3.63, 3.8) is 0 Å². The highest BCUT2D eigenvalue weighted by Crippen LogP contribution is 2.25. The Morgan fingerprint density at radius 2 is 1.84 bits per heavy atom. The zero-order chi connectivity index (χ0) is 13.8. The van der Waals surface area contributed by atoms with Crippen LogP contribution in [0.15, 0.2) is 46.9 Å². The first-order chi connectivity index (χ1) is 9.04. The van der Waals surface area contributed by atoms with E-state index in [0.29, 0.717) is 20.8 Å². The monoisotopic (exact) mass is 374 g/mol. The molecule has 2 aromatic rings. The molecule has 0 heterocycles. The van der Waals surface area contributed by atoms with Gasteiger partial charge in [-0.1, -0.05) is 45.2 Å². The lowest BCUT2D eigenvalue weighted by Crippen LogP contribution is -2.19. The molecule has 98 valence electrons. The highest BCUT2D eigenvalue weighted by atomic mass is 79.9. The molecule has 0 aliphatic carbocycles. The third-order valence-corrected chi connectivity index (χ3v) is 3.51. The predicted molar refractivity (Wildman–Crippen MR) is 90.4 cm³/mol. The summed E-state index contributed by atoms with van der Waals surface area (Å²) >= 11 is 20.5. The van der Waals surface area contributed by atoms with Gasteiger partial charge in [-0.15, -0.1) is 0 Å². The second-order valence-corrected chi connectivity index (χ2v) is 5.88. The molecule has 0 saturated carbocycles. The molecule has 0 saturated heterocycles. The molecule has 0 fully saturated rings. The Bertz CT molecular complexity index is 619. The van der Waals surface area contributed by atoms with Crippen LogP contribution >= 0.6 is 51.3 Å². The predicted octanol–water partition coefficient (Wildman–Crippen LogP) is 5.56. The maximum atomic E-state index is 6.06. The fourth-order valence-corrected chi connectivity index (χ4v) is 2.52. The lowest BCUT2D eigenvalue weighted by molar-refractivity contribution is 1.58. The fraction of sp³-hybridized carbons (Fsp3) is 0. The van der Waals surface area contributed by atoms with Gasteiger partial charge in [0.05, 0.1) is 10.7 Å². The molecule has 2 aromatic carbocycles. The summed E-state index contributed by atoms with van der Waals surface area (Å²) in [5.74, 6) is 0. The van der Waals surface area contributed by atoms with E-state index in [4.69, 9.17) is 35.4 Å². The van der Waals surface area contributed by atoms with E-state index < -0.39 is 0 Å². The molecule has 0 aliphatic rings. The highest BCUT2D eigenvalue weighted by molar-refractivity contribution is 9.10. The summed E-state index contributed by atoms with van der Waals surface area (Å²) in [5.41, 5.74) is 1.59. The van der Waals surface area contributed by atoms with Gasteiger partial charge in [-0.25, -0.2) is 0 Å². The van der Waals surface area contributed by atoms with Crippen molar-refractivity contribution < 1.29 is 0 Å². The van der Waals surface area contributed by atoms with Crippen LogP contribution in [0.3, 0.4) is 0 Å². The van der Waals surface area contributed by atoms with E-state index in [0.717, 1.165) is 10.2 Å². The minimum atomic E-state index is 0.460. The summed E-state index contributed by atoms with van der Waals surface area (Å²) < 4.78 is 0.977. The van der Waals surface area contributed by atoms with Crippen molar-refractivity contribution in [3.8, 4) is 0 Å². The van der Waals surface area contributed by atoms with E-state index >= 15 is 0 Å². The Balaban J connectivity index is 2.05. The van der Waals surface area contributed by atoms with Crippen molar-refractivity contribution in [3.05, 3.63) is 57.0 Å². The normalized spacial score (nSPS) is 10.1. The van der Waals surface area contributed by atoms with Gasteiger partial charge in [0.15, 0.2) is 5.11 Å². The van der Waals surface area contributed by atoms with Crippen LogP contribution in [0, 0.1) is 0 Å². The molecule has 0 bridgehead atoms. The summed E-state index contributed by atoms with van der Waals surface area (Å²) in [5, 5.41) is 7.66. The molecular weight excluding hydrogens is 367 g/mol. The summed E-state index contributed by atoms with van der Waals surface area (Å²) in [4.78, 5) is 0.